The van der Waals surface area contributed by atoms with Crippen molar-refractivity contribution in [2.24, 2.45) is 11.8 Å². The van der Waals surface area contributed by atoms with Crippen LogP contribution in [0.15, 0.2) is 22.3 Å². The Bertz CT molecular complexity index is 748. The smallest absolute Gasteiger partial charge is 0.332 e. The fourth-order valence-corrected chi connectivity index (χ4v) is 4.00. The lowest BCUT2D eigenvalue weighted by Gasteiger charge is -2.30. The van der Waals surface area contributed by atoms with Crippen LogP contribution in [-0.4, -0.2) is 55.5 Å². The molecule has 0 radical (unpaired) electrons. The van der Waals surface area contributed by atoms with E-state index in [4.69, 9.17) is 0 Å². The monoisotopic (exact) mass is 426 g/mol. The van der Waals surface area contributed by atoms with Crippen LogP contribution in [0.1, 0.15) is 65.2 Å². The number of carboxylic acids is 4. The Morgan fingerprint density at radius 3 is 1.73 bits per heavy atom. The van der Waals surface area contributed by atoms with Gasteiger partial charge in [-0.15, -0.1) is 0 Å². The van der Waals surface area contributed by atoms with Gasteiger partial charge in [-0.25, -0.2) is 19.2 Å². The first-order valence-corrected chi connectivity index (χ1v) is 10.1. The fourth-order valence-electron chi connectivity index (χ4n) is 4.00. The van der Waals surface area contributed by atoms with Gasteiger partial charge in [0.1, 0.15) is 0 Å². The van der Waals surface area contributed by atoms with Crippen molar-refractivity contribution in [1.29, 1.82) is 0 Å². The average Bonchev–Trinajstić information content (AvgIpc) is 2.64. The molecule has 5 N–H and O–H groups in total. The van der Waals surface area contributed by atoms with Gasteiger partial charge in [0.05, 0.1) is 17.3 Å². The van der Waals surface area contributed by atoms with E-state index in [1.807, 2.05) is 13.8 Å². The number of aliphatic carboxylic acids is 4. The van der Waals surface area contributed by atoms with Crippen LogP contribution in [0.2, 0.25) is 0 Å². The molecule has 3 unspecified atom stereocenters. The highest BCUT2D eigenvalue weighted by Crippen LogP contribution is 2.39. The van der Waals surface area contributed by atoms with Crippen molar-refractivity contribution < 1.29 is 44.7 Å². The summed E-state index contributed by atoms with van der Waals surface area (Å²) in [4.78, 5) is 47.9. The van der Waals surface area contributed by atoms with Crippen LogP contribution >= 0.6 is 0 Å². The molecule has 0 aliphatic heterocycles. The van der Waals surface area contributed by atoms with Crippen LogP contribution < -0.4 is 0 Å². The summed E-state index contributed by atoms with van der Waals surface area (Å²) in [5.74, 6) is -8.34. The van der Waals surface area contributed by atoms with E-state index in [0.29, 0.717) is 25.7 Å². The third-order valence-corrected chi connectivity index (χ3v) is 5.51. The van der Waals surface area contributed by atoms with Crippen LogP contribution in [-0.2, 0) is 19.2 Å². The van der Waals surface area contributed by atoms with Gasteiger partial charge < -0.3 is 25.5 Å². The van der Waals surface area contributed by atoms with Crippen molar-refractivity contribution in [3.63, 3.8) is 0 Å². The van der Waals surface area contributed by atoms with Gasteiger partial charge in [0, 0.05) is 17.1 Å². The number of carbonyl (C=O) groups is 4. The van der Waals surface area contributed by atoms with Gasteiger partial charge >= 0.3 is 23.9 Å². The molecular formula is C21H30O9. The molecule has 0 heterocycles. The molecule has 1 aliphatic rings. The zero-order valence-corrected chi connectivity index (χ0v) is 17.3. The third kappa shape index (κ3) is 6.16. The molecule has 0 saturated heterocycles. The molecule has 0 aromatic carbocycles. The molecule has 3 atom stereocenters. The summed E-state index contributed by atoms with van der Waals surface area (Å²) in [5, 5.41) is 49.6. The number of rotatable bonds is 11. The Balaban J connectivity index is 3.77. The molecule has 0 fully saturated rings. The Morgan fingerprint density at radius 2 is 1.30 bits per heavy atom. The van der Waals surface area contributed by atoms with Crippen molar-refractivity contribution in [2.45, 2.75) is 71.3 Å². The Morgan fingerprint density at radius 1 is 0.800 bits per heavy atom. The molecule has 0 aromatic rings. The number of hydrogen-bond acceptors (Lipinski definition) is 5. The minimum Gasteiger partial charge on any atom is -0.478 e. The van der Waals surface area contributed by atoms with Gasteiger partial charge in [-0.3, -0.25) is 0 Å². The maximum absolute atomic E-state index is 12.0. The Kier molecular flexibility index (Phi) is 9.71. The van der Waals surface area contributed by atoms with Crippen molar-refractivity contribution >= 4 is 23.9 Å². The molecule has 0 bridgehead atoms. The first-order valence-electron chi connectivity index (χ1n) is 10.1. The van der Waals surface area contributed by atoms with E-state index < -0.39 is 77.0 Å². The van der Waals surface area contributed by atoms with E-state index in [2.05, 4.69) is 0 Å². The van der Waals surface area contributed by atoms with Crippen molar-refractivity contribution in [2.75, 3.05) is 0 Å². The molecule has 0 aromatic heterocycles. The largest absolute Gasteiger partial charge is 0.478 e. The van der Waals surface area contributed by atoms with Crippen LogP contribution in [0.25, 0.3) is 0 Å². The molecule has 168 valence electrons. The van der Waals surface area contributed by atoms with E-state index in [1.54, 1.807) is 0 Å². The fraction of sp³-hybridized carbons (Fsp3) is 0.619. The number of unbranched alkanes of at least 4 members (excludes halogenated alkanes) is 2. The molecule has 9 nitrogen and oxygen atoms in total. The predicted molar refractivity (Wildman–Crippen MR) is 106 cm³/mol. The van der Waals surface area contributed by atoms with E-state index >= 15 is 0 Å². The molecular weight excluding hydrogens is 396 g/mol. The second kappa shape index (κ2) is 11.5. The lowest BCUT2D eigenvalue weighted by Crippen LogP contribution is -2.34. The van der Waals surface area contributed by atoms with Gasteiger partial charge in [-0.05, 0) is 31.6 Å². The topological polar surface area (TPSA) is 169 Å². The number of hydrogen-bond donors (Lipinski definition) is 5. The minimum absolute atomic E-state index is 0.138. The molecule has 1 rings (SSSR count). The predicted octanol–water partition coefficient (Wildman–Crippen LogP) is 2.69. The van der Waals surface area contributed by atoms with Crippen LogP contribution in [0, 0.1) is 11.8 Å². The van der Waals surface area contributed by atoms with Crippen molar-refractivity contribution in [3.05, 3.63) is 22.3 Å². The van der Waals surface area contributed by atoms with Crippen molar-refractivity contribution in [3.8, 4) is 0 Å². The van der Waals surface area contributed by atoms with E-state index in [-0.39, 0.29) is 12.8 Å². The third-order valence-electron chi connectivity index (χ3n) is 5.51. The van der Waals surface area contributed by atoms with E-state index in [1.165, 1.54) is 0 Å². The lowest BCUT2D eigenvalue weighted by atomic mass is 9.74. The average molecular weight is 426 g/mol. The molecule has 0 spiro atoms. The highest BCUT2D eigenvalue weighted by Gasteiger charge is 2.40. The molecule has 0 amide bonds. The van der Waals surface area contributed by atoms with E-state index in [9.17, 15) is 44.7 Å². The number of carboxylic acid groups (broad SMARTS) is 4. The standard InChI is InChI=1S/C21H30O9/c1-3-5-7-11-9-13(18(23)24)17(21(29)30)12(15(22)8-6-4-2)10-14(19(25)26)16(11)20(27)28/h11-12,15,22H,3-10H2,1-2H3,(H,23,24)(H,25,26)(H,27,28)(H,29,30). The summed E-state index contributed by atoms with van der Waals surface area (Å²) >= 11 is 0. The summed E-state index contributed by atoms with van der Waals surface area (Å²) < 4.78 is 0. The second-order valence-electron chi connectivity index (χ2n) is 7.57. The van der Waals surface area contributed by atoms with Crippen LogP contribution in [0.5, 0.6) is 0 Å². The van der Waals surface area contributed by atoms with Gasteiger partial charge in [-0.2, -0.15) is 0 Å². The SMILES string of the molecule is CCCCC1CC(C(=O)O)=C(C(=O)O)C(C(O)CCCC)CC(C(=O)O)=C1C(=O)O. The number of aliphatic hydroxyl groups excluding tert-OH is 1. The highest BCUT2D eigenvalue weighted by molar-refractivity contribution is 6.02. The zero-order chi connectivity index (χ0) is 23.0. The van der Waals surface area contributed by atoms with Gasteiger partial charge in [0.2, 0.25) is 0 Å². The molecule has 30 heavy (non-hydrogen) atoms. The maximum atomic E-state index is 12.0. The number of aliphatic hydroxyl groups is 1. The minimum atomic E-state index is -1.55. The van der Waals surface area contributed by atoms with E-state index in [0.717, 1.165) is 0 Å². The highest BCUT2D eigenvalue weighted by atomic mass is 16.4. The van der Waals surface area contributed by atoms with Crippen LogP contribution in [0.4, 0.5) is 0 Å². The molecule has 0 saturated carbocycles. The summed E-state index contributed by atoms with van der Waals surface area (Å²) in [6, 6.07) is 0. The van der Waals surface area contributed by atoms with Crippen molar-refractivity contribution in [1.82, 2.24) is 0 Å². The quantitative estimate of drug-likeness (QED) is 0.333. The second-order valence-corrected chi connectivity index (χ2v) is 7.57. The normalized spacial score (nSPS) is 21.0. The molecule has 9 heteroatoms. The molecule has 1 aliphatic carbocycles. The zero-order valence-electron chi connectivity index (χ0n) is 17.3. The van der Waals surface area contributed by atoms with Gasteiger partial charge in [0.15, 0.2) is 0 Å². The first kappa shape index (κ1) is 25.4. The summed E-state index contributed by atoms with van der Waals surface area (Å²) in [6.45, 7) is 3.70. The Hall–Kier alpha value is -2.68. The summed E-state index contributed by atoms with van der Waals surface area (Å²) in [7, 11) is 0. The van der Waals surface area contributed by atoms with Crippen LogP contribution in [0.3, 0.4) is 0 Å². The summed E-state index contributed by atoms with van der Waals surface area (Å²) in [5.41, 5.74) is -1.91. The maximum Gasteiger partial charge on any atom is 0.332 e. The van der Waals surface area contributed by atoms with Gasteiger partial charge in [0.25, 0.3) is 0 Å². The lowest BCUT2D eigenvalue weighted by molar-refractivity contribution is -0.138. The summed E-state index contributed by atoms with van der Waals surface area (Å²) in [6.07, 6.45) is 0.430. The van der Waals surface area contributed by atoms with Gasteiger partial charge in [-0.1, -0.05) is 39.5 Å². The first-order chi connectivity index (χ1) is 14.1. The Labute approximate surface area is 174 Å².